The Morgan fingerprint density at radius 1 is 1.24 bits per heavy atom. The molecule has 1 aromatic heterocycles. The topological polar surface area (TPSA) is 66.7 Å². The van der Waals surface area contributed by atoms with Crippen LogP contribution in [-0.2, 0) is 11.8 Å². The predicted octanol–water partition coefficient (Wildman–Crippen LogP) is 1.13. The lowest BCUT2D eigenvalue weighted by Crippen LogP contribution is -2.51. The van der Waals surface area contributed by atoms with Gasteiger partial charge in [-0.1, -0.05) is 18.2 Å². The number of carbonyl (C=O) groups is 1. The number of aryl methyl sites for hydroxylation is 1. The summed E-state index contributed by atoms with van der Waals surface area (Å²) in [4.78, 5) is 15.1. The Bertz CT molecular complexity index is 766. The fourth-order valence-electron chi connectivity index (χ4n) is 4.19. The van der Waals surface area contributed by atoms with Gasteiger partial charge < -0.3 is 19.7 Å². The number of hydrogen-bond acceptors (Lipinski definition) is 4. The number of nitrogens with one attached hydrogen (secondary N) is 1. The van der Waals surface area contributed by atoms with Crippen LogP contribution in [0.25, 0.3) is 10.9 Å². The van der Waals surface area contributed by atoms with Crippen molar-refractivity contribution in [1.82, 2.24) is 14.8 Å². The van der Waals surface area contributed by atoms with Gasteiger partial charge in [-0.2, -0.15) is 0 Å². The van der Waals surface area contributed by atoms with E-state index in [1.807, 2.05) is 42.1 Å². The number of hydrogen-bond donors (Lipinski definition) is 2. The van der Waals surface area contributed by atoms with E-state index in [1.54, 1.807) is 0 Å². The van der Waals surface area contributed by atoms with Gasteiger partial charge in [0.25, 0.3) is 5.91 Å². The SMILES string of the molecule is Cn1cc(C(=O)N[C@@H]2CC[C@@H](N3CCOCC3)[C@@H]2O)c2ccccc21. The van der Waals surface area contributed by atoms with Gasteiger partial charge in [-0.15, -0.1) is 0 Å². The molecule has 4 rings (SSSR count). The third kappa shape index (κ3) is 3.05. The van der Waals surface area contributed by atoms with Crippen LogP contribution in [0.3, 0.4) is 0 Å². The zero-order valence-corrected chi connectivity index (χ0v) is 14.5. The minimum absolute atomic E-state index is 0.108. The molecule has 0 bridgehead atoms. The molecule has 134 valence electrons. The number of para-hydroxylation sites is 1. The molecule has 1 aliphatic heterocycles. The molecular weight excluding hydrogens is 318 g/mol. The van der Waals surface area contributed by atoms with Crippen molar-refractivity contribution in [2.24, 2.45) is 7.05 Å². The van der Waals surface area contributed by atoms with Crippen molar-refractivity contribution in [2.45, 2.75) is 31.0 Å². The molecule has 2 N–H and O–H groups in total. The fourth-order valence-corrected chi connectivity index (χ4v) is 4.19. The van der Waals surface area contributed by atoms with Crippen molar-refractivity contribution in [3.8, 4) is 0 Å². The van der Waals surface area contributed by atoms with E-state index in [0.29, 0.717) is 5.56 Å². The van der Waals surface area contributed by atoms with Crippen LogP contribution in [0.1, 0.15) is 23.2 Å². The number of ether oxygens (including phenoxy) is 1. The molecule has 0 spiro atoms. The van der Waals surface area contributed by atoms with Gasteiger partial charge >= 0.3 is 0 Å². The fraction of sp³-hybridized carbons (Fsp3) is 0.526. The van der Waals surface area contributed by atoms with E-state index >= 15 is 0 Å². The van der Waals surface area contributed by atoms with Crippen LogP contribution >= 0.6 is 0 Å². The molecule has 2 aliphatic rings. The Balaban J connectivity index is 1.47. The zero-order valence-electron chi connectivity index (χ0n) is 14.5. The number of nitrogens with zero attached hydrogens (tertiary/aromatic N) is 2. The highest BCUT2D eigenvalue weighted by molar-refractivity contribution is 6.07. The van der Waals surface area contributed by atoms with Crippen LogP contribution in [0.15, 0.2) is 30.5 Å². The second-order valence-corrected chi connectivity index (χ2v) is 7.03. The predicted molar refractivity (Wildman–Crippen MR) is 95.6 cm³/mol. The van der Waals surface area contributed by atoms with Crippen molar-refractivity contribution in [3.63, 3.8) is 0 Å². The van der Waals surface area contributed by atoms with Gasteiger partial charge in [0.1, 0.15) is 0 Å². The van der Waals surface area contributed by atoms with Crippen molar-refractivity contribution in [3.05, 3.63) is 36.0 Å². The number of amides is 1. The number of carbonyl (C=O) groups excluding carboxylic acids is 1. The summed E-state index contributed by atoms with van der Waals surface area (Å²) in [5.74, 6) is -0.108. The maximum atomic E-state index is 12.8. The zero-order chi connectivity index (χ0) is 17.4. The summed E-state index contributed by atoms with van der Waals surface area (Å²) < 4.78 is 7.36. The molecule has 1 saturated carbocycles. The lowest BCUT2D eigenvalue weighted by atomic mass is 10.1. The number of aliphatic hydroxyl groups excluding tert-OH is 1. The number of aromatic nitrogens is 1. The highest BCUT2D eigenvalue weighted by Gasteiger charge is 2.39. The average molecular weight is 343 g/mol. The van der Waals surface area contributed by atoms with Crippen molar-refractivity contribution in [1.29, 1.82) is 0 Å². The van der Waals surface area contributed by atoms with Gasteiger partial charge in [-0.3, -0.25) is 9.69 Å². The van der Waals surface area contributed by atoms with Crippen molar-refractivity contribution < 1.29 is 14.6 Å². The number of rotatable bonds is 3. The number of aliphatic hydroxyl groups is 1. The van der Waals surface area contributed by atoms with E-state index in [0.717, 1.165) is 50.0 Å². The van der Waals surface area contributed by atoms with Gasteiger partial charge in [-0.25, -0.2) is 0 Å². The van der Waals surface area contributed by atoms with E-state index in [1.165, 1.54) is 0 Å². The molecule has 0 unspecified atom stereocenters. The summed E-state index contributed by atoms with van der Waals surface area (Å²) >= 11 is 0. The second-order valence-electron chi connectivity index (χ2n) is 7.03. The monoisotopic (exact) mass is 343 g/mol. The summed E-state index contributed by atoms with van der Waals surface area (Å²) in [6.07, 6.45) is 3.04. The highest BCUT2D eigenvalue weighted by Crippen LogP contribution is 2.27. The molecule has 6 heteroatoms. The van der Waals surface area contributed by atoms with Crippen LogP contribution in [0, 0.1) is 0 Å². The van der Waals surface area contributed by atoms with Crippen LogP contribution in [0.5, 0.6) is 0 Å². The summed E-state index contributed by atoms with van der Waals surface area (Å²) in [5.41, 5.74) is 1.70. The van der Waals surface area contributed by atoms with Gasteiger partial charge in [0.05, 0.1) is 30.9 Å². The van der Waals surface area contributed by atoms with Gasteiger partial charge in [0.2, 0.25) is 0 Å². The molecule has 2 aromatic rings. The van der Waals surface area contributed by atoms with Gasteiger partial charge in [0, 0.05) is 43.3 Å². The van der Waals surface area contributed by atoms with Gasteiger partial charge in [0.15, 0.2) is 0 Å². The molecule has 1 amide bonds. The van der Waals surface area contributed by atoms with Crippen LogP contribution in [0.4, 0.5) is 0 Å². The number of fused-ring (bicyclic) bond motifs is 1. The molecule has 0 radical (unpaired) electrons. The molecule has 1 saturated heterocycles. The minimum Gasteiger partial charge on any atom is -0.389 e. The van der Waals surface area contributed by atoms with Crippen molar-refractivity contribution in [2.75, 3.05) is 26.3 Å². The molecule has 3 atom stereocenters. The Morgan fingerprint density at radius 3 is 2.80 bits per heavy atom. The van der Waals surface area contributed by atoms with Crippen LogP contribution < -0.4 is 5.32 Å². The van der Waals surface area contributed by atoms with Crippen LogP contribution in [0.2, 0.25) is 0 Å². The molecule has 2 heterocycles. The molecule has 6 nitrogen and oxygen atoms in total. The largest absolute Gasteiger partial charge is 0.389 e. The smallest absolute Gasteiger partial charge is 0.253 e. The number of benzene rings is 1. The van der Waals surface area contributed by atoms with Crippen molar-refractivity contribution >= 4 is 16.8 Å². The quantitative estimate of drug-likeness (QED) is 0.877. The third-order valence-electron chi connectivity index (χ3n) is 5.55. The molecule has 2 fully saturated rings. The van der Waals surface area contributed by atoms with E-state index in [4.69, 9.17) is 4.74 Å². The summed E-state index contributed by atoms with van der Waals surface area (Å²) in [6.45, 7) is 3.14. The summed E-state index contributed by atoms with van der Waals surface area (Å²) in [6, 6.07) is 7.80. The first-order chi connectivity index (χ1) is 12.1. The third-order valence-corrected chi connectivity index (χ3v) is 5.55. The van der Waals surface area contributed by atoms with Crippen LogP contribution in [-0.4, -0.2) is 65.0 Å². The first kappa shape index (κ1) is 16.6. The summed E-state index contributed by atoms with van der Waals surface area (Å²) in [5, 5.41) is 14.7. The first-order valence-electron chi connectivity index (χ1n) is 9.00. The first-order valence-corrected chi connectivity index (χ1v) is 9.00. The van der Waals surface area contributed by atoms with Gasteiger partial charge in [-0.05, 0) is 18.9 Å². The lowest BCUT2D eigenvalue weighted by molar-refractivity contribution is -0.0154. The Morgan fingerprint density at radius 2 is 2.00 bits per heavy atom. The number of morpholine rings is 1. The maximum Gasteiger partial charge on any atom is 0.253 e. The van der Waals surface area contributed by atoms with E-state index in [-0.39, 0.29) is 18.0 Å². The molecule has 25 heavy (non-hydrogen) atoms. The molecule has 1 aromatic carbocycles. The lowest BCUT2D eigenvalue weighted by Gasteiger charge is -2.34. The normalized spacial score (nSPS) is 27.7. The maximum absolute atomic E-state index is 12.8. The molecular formula is C19H25N3O3. The highest BCUT2D eigenvalue weighted by atomic mass is 16.5. The Hall–Kier alpha value is -1.89. The standard InChI is InChI=1S/C19H25N3O3/c1-21-12-14(13-4-2-3-5-16(13)21)19(24)20-15-6-7-17(18(15)23)22-8-10-25-11-9-22/h2-5,12,15,17-18,23H,6-11H2,1H3,(H,20,24)/t15-,17-,18-/m1/s1. The minimum atomic E-state index is -0.531. The summed E-state index contributed by atoms with van der Waals surface area (Å²) in [7, 11) is 1.94. The Labute approximate surface area is 147 Å². The van der Waals surface area contributed by atoms with E-state index in [9.17, 15) is 9.90 Å². The van der Waals surface area contributed by atoms with E-state index in [2.05, 4.69) is 10.2 Å². The Kier molecular flexibility index (Phi) is 4.50. The second kappa shape index (κ2) is 6.78. The molecule has 1 aliphatic carbocycles. The van der Waals surface area contributed by atoms with E-state index < -0.39 is 6.10 Å². The average Bonchev–Trinajstić information content (AvgIpc) is 3.17.